The lowest BCUT2D eigenvalue weighted by Gasteiger charge is -2.30. The largest absolute Gasteiger partial charge is 0.487 e. The summed E-state index contributed by atoms with van der Waals surface area (Å²) in [7, 11) is 2.18. The Morgan fingerprint density at radius 3 is 2.41 bits per heavy atom. The molecule has 5 rings (SSSR count). The molecule has 1 saturated carbocycles. The van der Waals surface area contributed by atoms with E-state index in [1.165, 1.54) is 11.3 Å². The van der Waals surface area contributed by atoms with E-state index in [1.54, 1.807) is 18.3 Å². The number of nitrogens with zero attached hydrogens (tertiary/aromatic N) is 3. The Bertz CT molecular complexity index is 1640. The lowest BCUT2D eigenvalue weighted by Crippen LogP contribution is -2.37. The number of halogens is 2. The number of hydrogen-bond acceptors (Lipinski definition) is 9. The zero-order valence-electron chi connectivity index (χ0n) is 30.0. The van der Waals surface area contributed by atoms with E-state index in [9.17, 15) is 14.5 Å². The van der Waals surface area contributed by atoms with Crippen LogP contribution in [0.15, 0.2) is 69.2 Å². The lowest BCUT2D eigenvalue weighted by molar-refractivity contribution is 0.0905. The van der Waals surface area contributed by atoms with Gasteiger partial charge in [-0.2, -0.15) is 0 Å². The van der Waals surface area contributed by atoms with E-state index < -0.39 is 17.5 Å². The van der Waals surface area contributed by atoms with Crippen LogP contribution in [-0.4, -0.2) is 76.1 Å². The summed E-state index contributed by atoms with van der Waals surface area (Å²) < 4.78 is 18.4. The van der Waals surface area contributed by atoms with Crippen LogP contribution < -0.4 is 20.3 Å². The normalized spacial score (nSPS) is 17.5. The van der Waals surface area contributed by atoms with E-state index in [1.807, 2.05) is 19.1 Å². The first-order chi connectivity index (χ1) is 24.6. The van der Waals surface area contributed by atoms with Gasteiger partial charge in [0.15, 0.2) is 0 Å². The topological polar surface area (TPSA) is 110 Å². The molecule has 12 heteroatoms. The fraction of sp³-hybridized carbons (Fsp3) is 0.487. The average Bonchev–Trinajstić information content (AvgIpc) is 3.30. The van der Waals surface area contributed by atoms with Crippen molar-refractivity contribution in [3.63, 3.8) is 0 Å². The Morgan fingerprint density at radius 2 is 1.76 bits per heavy atom. The van der Waals surface area contributed by atoms with Gasteiger partial charge in [-0.05, 0) is 134 Å². The van der Waals surface area contributed by atoms with Gasteiger partial charge >= 0.3 is 0 Å². The monoisotopic (exact) mass is 843 g/mol. The van der Waals surface area contributed by atoms with Crippen molar-refractivity contribution in [2.75, 3.05) is 48.8 Å². The van der Waals surface area contributed by atoms with Crippen molar-refractivity contribution in [3.05, 3.63) is 80.4 Å². The number of hydrogen-bond donors (Lipinski definition) is 4. The molecule has 2 fully saturated rings. The fourth-order valence-electron chi connectivity index (χ4n) is 6.75. The molecule has 1 aliphatic heterocycles. The highest BCUT2D eigenvalue weighted by Crippen LogP contribution is 2.41. The van der Waals surface area contributed by atoms with Gasteiger partial charge in [-0.3, -0.25) is 4.79 Å². The van der Waals surface area contributed by atoms with Gasteiger partial charge in [0, 0.05) is 46.2 Å². The number of aromatic nitrogens is 1. The van der Waals surface area contributed by atoms with Gasteiger partial charge in [-0.1, -0.05) is 54.8 Å². The van der Waals surface area contributed by atoms with Crippen LogP contribution >= 0.6 is 43.9 Å². The number of rotatable bonds is 15. The molecule has 2 aromatic carbocycles. The van der Waals surface area contributed by atoms with E-state index in [2.05, 4.69) is 102 Å². The molecule has 1 saturated heterocycles. The number of aliphatic hydroxyl groups excluding tert-OH is 1. The van der Waals surface area contributed by atoms with E-state index in [-0.39, 0.29) is 5.91 Å². The van der Waals surface area contributed by atoms with Gasteiger partial charge in [0.1, 0.15) is 17.7 Å². The summed E-state index contributed by atoms with van der Waals surface area (Å²) in [5.41, 5.74) is 5.35. The molecule has 1 aromatic heterocycles. The molecule has 4 atom stereocenters. The molecule has 9 nitrogen and oxygen atoms in total. The summed E-state index contributed by atoms with van der Waals surface area (Å²) in [4.78, 5) is 23.2. The Kier molecular flexibility index (Phi) is 14.7. The molecule has 276 valence electrons. The fourth-order valence-corrected chi connectivity index (χ4v) is 7.90. The Morgan fingerprint density at radius 1 is 1.00 bits per heavy atom. The van der Waals surface area contributed by atoms with Gasteiger partial charge in [0.2, 0.25) is 0 Å². The minimum absolute atomic E-state index is 0.307. The van der Waals surface area contributed by atoms with Crippen LogP contribution in [0.2, 0.25) is 0 Å². The maximum absolute atomic E-state index is 14.0. The van der Waals surface area contributed by atoms with Gasteiger partial charge in [0.25, 0.3) is 5.91 Å². The molecule has 3 aromatic rings. The molecule has 1 aliphatic carbocycles. The molecular weight excluding hydrogens is 794 g/mol. The minimum atomic E-state index is -0.776. The highest BCUT2D eigenvalue weighted by molar-refractivity contribution is 9.10. The predicted molar refractivity (Wildman–Crippen MR) is 218 cm³/mol. The molecule has 0 radical (unpaired) electrons. The third kappa shape index (κ3) is 10.7. The molecule has 0 bridgehead atoms. The van der Waals surface area contributed by atoms with Crippen molar-refractivity contribution < 1.29 is 19.2 Å². The number of allylic oxidation sites excluding steroid dienone is 1. The van der Waals surface area contributed by atoms with Gasteiger partial charge < -0.3 is 34.8 Å². The quantitative estimate of drug-likeness (QED) is 0.111. The van der Waals surface area contributed by atoms with E-state index in [0.29, 0.717) is 51.7 Å². The summed E-state index contributed by atoms with van der Waals surface area (Å²) in [5.74, 6) is 0.800. The van der Waals surface area contributed by atoms with E-state index in [0.717, 1.165) is 80.4 Å². The maximum atomic E-state index is 14.0. The maximum Gasteiger partial charge on any atom is 0.259 e. The van der Waals surface area contributed by atoms with E-state index in [4.69, 9.17) is 4.74 Å². The zero-order chi connectivity index (χ0) is 36.5. The molecule has 2 heterocycles. The first-order valence-corrected chi connectivity index (χ1v) is 20.4. The highest BCUT2D eigenvalue weighted by atomic mass is 79.9. The first kappa shape index (κ1) is 39.6. The molecule has 4 N–H and O–H groups in total. The number of nitrogens with one attached hydrogen (secondary N) is 2. The van der Waals surface area contributed by atoms with Crippen molar-refractivity contribution in [2.45, 2.75) is 83.2 Å². The third-order valence-corrected chi connectivity index (χ3v) is 11.7. The summed E-state index contributed by atoms with van der Waals surface area (Å²) in [5, 5.41) is 17.2. The minimum Gasteiger partial charge on any atom is -0.487 e. The number of likely N-dealkylation sites (N-methyl/N-ethyl adjacent to an activating group) is 1. The smallest absolute Gasteiger partial charge is 0.259 e. The van der Waals surface area contributed by atoms with Crippen molar-refractivity contribution in [1.82, 2.24) is 9.88 Å². The highest BCUT2D eigenvalue weighted by Gasteiger charge is 2.31. The second-order valence-electron chi connectivity index (χ2n) is 13.9. The second-order valence-corrected chi connectivity index (χ2v) is 16.5. The Hall–Kier alpha value is -2.61. The molecule has 2 aliphatic rings. The summed E-state index contributed by atoms with van der Waals surface area (Å²) in [6.07, 6.45) is 7.00. The van der Waals surface area contributed by atoms with Gasteiger partial charge in [-0.15, -0.1) is 0 Å². The van der Waals surface area contributed by atoms with Crippen molar-refractivity contribution in [3.8, 4) is 5.75 Å². The van der Waals surface area contributed by atoms with Crippen LogP contribution in [0.1, 0.15) is 81.6 Å². The standard InChI is InChI=1S/C39H51Br2N5O4S/c1-5-8-25(2)21-33(47)38(51-49)26(3)50-34-23-30(41)22-32(39(48)43-35-16-13-29(40)24-42-35)37(34)44-36(27-9-6-10-27)28-11-14-31(15-12-28)46-18-7-17-45(4)19-20-46/h11-16,22-26,33,38,44,47,49H,5-10,17-21H2,1-4H3,(H,42,43,48). The predicted octanol–water partition coefficient (Wildman–Crippen LogP) is 9.54. The van der Waals surface area contributed by atoms with Crippen LogP contribution in [0.3, 0.4) is 0 Å². The lowest BCUT2D eigenvalue weighted by atomic mass is 9.88. The molecule has 0 spiro atoms. The Labute approximate surface area is 324 Å². The number of aliphatic hydroxyl groups is 1. The van der Waals surface area contributed by atoms with Crippen molar-refractivity contribution in [1.29, 1.82) is 0 Å². The summed E-state index contributed by atoms with van der Waals surface area (Å²) >= 11 is 7.65. The van der Waals surface area contributed by atoms with Gasteiger partial charge in [0.05, 0.1) is 22.6 Å². The van der Waals surface area contributed by atoms with Gasteiger partial charge in [-0.25, -0.2) is 4.98 Å². The van der Waals surface area contributed by atoms with Crippen LogP contribution in [-0.2, 0) is 0 Å². The number of pyridine rings is 1. The average molecular weight is 846 g/mol. The number of ether oxygens (including phenoxy) is 1. The van der Waals surface area contributed by atoms with Crippen molar-refractivity contribution in [2.24, 2.45) is 5.92 Å². The number of anilines is 3. The van der Waals surface area contributed by atoms with Crippen LogP contribution in [0.4, 0.5) is 17.2 Å². The van der Waals surface area contributed by atoms with E-state index >= 15 is 0 Å². The second kappa shape index (κ2) is 18.9. The summed E-state index contributed by atoms with van der Waals surface area (Å²) in [6.45, 7) is 10.3. The molecule has 1 amide bonds. The number of amides is 1. The molecule has 4 unspecified atom stereocenters. The summed E-state index contributed by atoms with van der Waals surface area (Å²) in [6, 6.07) is 15.9. The van der Waals surface area contributed by atoms with Crippen molar-refractivity contribution >= 4 is 72.7 Å². The molecule has 51 heavy (non-hydrogen) atoms. The third-order valence-electron chi connectivity index (χ3n) is 9.78. The number of carbonyl (C=O) groups excluding carboxylic acids is 1. The van der Waals surface area contributed by atoms with Crippen LogP contribution in [0.5, 0.6) is 5.75 Å². The Balaban J connectivity index is 1.50. The van der Waals surface area contributed by atoms with Crippen LogP contribution in [0.25, 0.3) is 5.70 Å². The van der Waals surface area contributed by atoms with Crippen LogP contribution in [0, 0.1) is 5.92 Å². The zero-order valence-corrected chi connectivity index (χ0v) is 34.0. The number of benzene rings is 2. The first-order valence-electron chi connectivity index (χ1n) is 18.0. The molecular formula is C39H51Br2N5O4S. The number of carbonyl (C=O) groups is 1. The SMILES string of the molecule is CCCC(C)CC(O)C(SO)C(C)Oc1cc(Br)cc(C(=O)Nc2ccc(Br)cn2)c1NC(=C1CCC1)c1ccc(N2CCCN(C)CC2)cc1.